The minimum Gasteiger partial charge on any atom is -0.497 e. The van der Waals surface area contributed by atoms with Crippen molar-refractivity contribution in [3.8, 4) is 5.75 Å². The average molecular weight is 365 g/mol. The van der Waals surface area contributed by atoms with E-state index in [1.165, 1.54) is 6.08 Å². The molecule has 0 radical (unpaired) electrons. The number of hydrogen-bond acceptors (Lipinski definition) is 6. The summed E-state index contributed by atoms with van der Waals surface area (Å²) in [6.07, 6.45) is 1.44. The second-order valence-electron chi connectivity index (χ2n) is 5.95. The number of carbonyl (C=O) groups is 2. The molecule has 0 fully saturated rings. The highest BCUT2D eigenvalue weighted by Crippen LogP contribution is 2.29. The van der Waals surface area contributed by atoms with E-state index in [1.807, 2.05) is 30.3 Å². The zero-order valence-corrected chi connectivity index (χ0v) is 14.9. The van der Waals surface area contributed by atoms with Gasteiger partial charge in [-0.25, -0.2) is 14.6 Å². The summed E-state index contributed by atoms with van der Waals surface area (Å²) >= 11 is 0. The lowest BCUT2D eigenvalue weighted by molar-refractivity contribution is -0.158. The van der Waals surface area contributed by atoms with Crippen LogP contribution in [0.2, 0.25) is 0 Å². The lowest BCUT2D eigenvalue weighted by Gasteiger charge is -2.18. The number of cyclic esters (lactones) is 1. The van der Waals surface area contributed by atoms with E-state index < -0.39 is 17.5 Å². The fourth-order valence-corrected chi connectivity index (χ4v) is 2.66. The van der Waals surface area contributed by atoms with E-state index in [9.17, 15) is 9.59 Å². The monoisotopic (exact) mass is 365 g/mol. The van der Waals surface area contributed by atoms with Gasteiger partial charge in [0.2, 0.25) is 5.90 Å². The molecule has 0 saturated carbocycles. The maximum atomic E-state index is 12.7. The molecule has 3 rings (SSSR count). The molecular weight excluding hydrogens is 346 g/mol. The van der Waals surface area contributed by atoms with Crippen LogP contribution in [0.5, 0.6) is 5.75 Å². The molecule has 0 saturated heterocycles. The smallest absolute Gasteiger partial charge is 0.352 e. The van der Waals surface area contributed by atoms with Crippen molar-refractivity contribution in [1.82, 2.24) is 0 Å². The second kappa shape index (κ2) is 7.86. The van der Waals surface area contributed by atoms with Gasteiger partial charge in [-0.05, 0) is 29.8 Å². The molecular formula is C21H19NO5. The van der Waals surface area contributed by atoms with Crippen LogP contribution >= 0.6 is 0 Å². The van der Waals surface area contributed by atoms with Gasteiger partial charge in [0.05, 0.1) is 7.11 Å². The predicted molar refractivity (Wildman–Crippen MR) is 99.4 cm³/mol. The van der Waals surface area contributed by atoms with Crippen molar-refractivity contribution < 1.29 is 23.8 Å². The van der Waals surface area contributed by atoms with Gasteiger partial charge < -0.3 is 14.2 Å². The molecule has 2 aromatic rings. The zero-order chi connectivity index (χ0) is 19.3. The largest absolute Gasteiger partial charge is 0.497 e. The first-order valence-electron chi connectivity index (χ1n) is 8.37. The maximum Gasteiger partial charge on any atom is 0.352 e. The quantitative estimate of drug-likeness (QED) is 0.428. The molecule has 2 aromatic carbocycles. The van der Waals surface area contributed by atoms with E-state index in [0.717, 1.165) is 5.56 Å². The average Bonchev–Trinajstić information content (AvgIpc) is 3.04. The number of carbonyl (C=O) groups excluding carboxylic acids is 2. The van der Waals surface area contributed by atoms with Gasteiger partial charge in [-0.15, -0.1) is 6.58 Å². The summed E-state index contributed by atoms with van der Waals surface area (Å²) in [6, 6.07) is 16.0. The van der Waals surface area contributed by atoms with Crippen LogP contribution in [-0.2, 0) is 25.7 Å². The molecule has 0 N–H and O–H groups in total. The van der Waals surface area contributed by atoms with Gasteiger partial charge >= 0.3 is 11.9 Å². The Morgan fingerprint density at radius 2 is 1.89 bits per heavy atom. The van der Waals surface area contributed by atoms with Crippen molar-refractivity contribution >= 4 is 17.8 Å². The predicted octanol–water partition coefficient (Wildman–Crippen LogP) is 3.06. The van der Waals surface area contributed by atoms with Crippen molar-refractivity contribution in [2.24, 2.45) is 4.99 Å². The van der Waals surface area contributed by atoms with Gasteiger partial charge in [0, 0.05) is 12.0 Å². The minimum absolute atomic E-state index is 0.0148. The van der Waals surface area contributed by atoms with E-state index in [-0.39, 0.29) is 18.9 Å². The van der Waals surface area contributed by atoms with E-state index in [2.05, 4.69) is 11.6 Å². The SMILES string of the molecule is C=CC[C@]1(C(=O)OCc2ccccc2)N=C(c2ccc(OC)cc2)OC1=O. The summed E-state index contributed by atoms with van der Waals surface area (Å²) in [6.45, 7) is 3.66. The Labute approximate surface area is 157 Å². The minimum atomic E-state index is -1.77. The molecule has 1 heterocycles. The number of methoxy groups -OCH3 is 1. The Kier molecular flexibility index (Phi) is 5.35. The van der Waals surface area contributed by atoms with Crippen LogP contribution in [0, 0.1) is 0 Å². The van der Waals surface area contributed by atoms with Crippen LogP contribution < -0.4 is 4.74 Å². The Balaban J connectivity index is 1.84. The van der Waals surface area contributed by atoms with Crippen molar-refractivity contribution in [2.75, 3.05) is 7.11 Å². The van der Waals surface area contributed by atoms with Crippen molar-refractivity contribution in [1.29, 1.82) is 0 Å². The number of benzene rings is 2. The highest BCUT2D eigenvalue weighted by molar-refractivity contribution is 6.17. The summed E-state index contributed by atoms with van der Waals surface area (Å²) < 4.78 is 15.7. The number of aliphatic imine (C=N–C) groups is 1. The Bertz CT molecular complexity index is 873. The zero-order valence-electron chi connectivity index (χ0n) is 14.9. The number of rotatable bonds is 7. The molecule has 6 heteroatoms. The fraction of sp³-hybridized carbons (Fsp3) is 0.190. The van der Waals surface area contributed by atoms with Crippen LogP contribution in [0.4, 0.5) is 0 Å². The van der Waals surface area contributed by atoms with Gasteiger partial charge in [-0.2, -0.15) is 0 Å². The summed E-state index contributed by atoms with van der Waals surface area (Å²) in [5.74, 6) is -0.810. The van der Waals surface area contributed by atoms with Gasteiger partial charge in [0.25, 0.3) is 5.54 Å². The third-order valence-corrected chi connectivity index (χ3v) is 4.15. The van der Waals surface area contributed by atoms with Crippen LogP contribution in [0.25, 0.3) is 0 Å². The number of hydrogen-bond donors (Lipinski definition) is 0. The fourth-order valence-electron chi connectivity index (χ4n) is 2.66. The Hall–Kier alpha value is -3.41. The molecule has 0 aromatic heterocycles. The van der Waals surface area contributed by atoms with Gasteiger partial charge in [0.15, 0.2) is 0 Å². The Morgan fingerprint density at radius 1 is 1.19 bits per heavy atom. The Morgan fingerprint density at radius 3 is 2.52 bits per heavy atom. The van der Waals surface area contributed by atoms with E-state index >= 15 is 0 Å². The summed E-state index contributed by atoms with van der Waals surface area (Å²) in [5.41, 5.74) is -0.400. The van der Waals surface area contributed by atoms with Gasteiger partial charge in [-0.1, -0.05) is 36.4 Å². The molecule has 138 valence electrons. The second-order valence-corrected chi connectivity index (χ2v) is 5.95. The van der Waals surface area contributed by atoms with E-state index in [1.54, 1.807) is 31.4 Å². The summed E-state index contributed by atoms with van der Waals surface area (Å²) in [5, 5.41) is 0. The highest BCUT2D eigenvalue weighted by Gasteiger charge is 2.53. The summed E-state index contributed by atoms with van der Waals surface area (Å²) in [7, 11) is 1.56. The topological polar surface area (TPSA) is 74.2 Å². The molecule has 1 aliphatic rings. The van der Waals surface area contributed by atoms with Crippen molar-refractivity contribution in [3.05, 3.63) is 78.4 Å². The first kappa shape index (κ1) is 18.4. The molecule has 0 unspecified atom stereocenters. The number of nitrogens with zero attached hydrogens (tertiary/aromatic N) is 1. The van der Waals surface area contributed by atoms with Gasteiger partial charge in [-0.3, -0.25) is 0 Å². The third kappa shape index (κ3) is 3.74. The molecule has 0 bridgehead atoms. The van der Waals surface area contributed by atoms with Gasteiger partial charge in [0.1, 0.15) is 12.4 Å². The van der Waals surface area contributed by atoms with Crippen LogP contribution in [0.1, 0.15) is 17.5 Å². The van der Waals surface area contributed by atoms with E-state index in [4.69, 9.17) is 14.2 Å². The molecule has 1 atom stereocenters. The maximum absolute atomic E-state index is 12.7. The standard InChI is InChI=1S/C21H19NO5/c1-3-13-21(19(23)26-14-15-7-5-4-6-8-15)20(24)27-18(22-21)16-9-11-17(25-2)12-10-16/h3-12H,1,13-14H2,2H3/t21-/m1/s1. The molecule has 27 heavy (non-hydrogen) atoms. The van der Waals surface area contributed by atoms with Crippen molar-refractivity contribution in [3.63, 3.8) is 0 Å². The highest BCUT2D eigenvalue weighted by atomic mass is 16.6. The third-order valence-electron chi connectivity index (χ3n) is 4.15. The lowest BCUT2D eigenvalue weighted by atomic mass is 9.97. The first-order valence-corrected chi connectivity index (χ1v) is 8.37. The number of ether oxygens (including phenoxy) is 3. The normalized spacial score (nSPS) is 18.4. The summed E-state index contributed by atoms with van der Waals surface area (Å²) in [4.78, 5) is 29.5. The van der Waals surface area contributed by atoms with Crippen LogP contribution in [0.15, 0.2) is 72.2 Å². The molecule has 6 nitrogen and oxygen atoms in total. The van der Waals surface area contributed by atoms with E-state index in [0.29, 0.717) is 11.3 Å². The first-order chi connectivity index (χ1) is 13.1. The van der Waals surface area contributed by atoms with Crippen LogP contribution in [0.3, 0.4) is 0 Å². The molecule has 1 aliphatic heterocycles. The molecule has 0 aliphatic carbocycles. The molecule has 0 amide bonds. The van der Waals surface area contributed by atoms with Crippen molar-refractivity contribution in [2.45, 2.75) is 18.6 Å². The number of esters is 2. The molecule has 0 spiro atoms. The lowest BCUT2D eigenvalue weighted by Crippen LogP contribution is -2.43. The van der Waals surface area contributed by atoms with Crippen LogP contribution in [-0.4, -0.2) is 30.5 Å².